The first-order valence-electron chi connectivity index (χ1n) is 9.62. The number of hydrogen-bond acceptors (Lipinski definition) is 6. The van der Waals surface area contributed by atoms with Gasteiger partial charge in [-0.2, -0.15) is 17.5 Å². The minimum Gasteiger partial charge on any atom is -0.354 e. The Hall–Kier alpha value is -3.03. The van der Waals surface area contributed by atoms with Crippen molar-refractivity contribution in [2.45, 2.75) is 18.0 Å². The summed E-state index contributed by atoms with van der Waals surface area (Å²) in [5.41, 5.74) is -0.396. The molecule has 2 amide bonds. The van der Waals surface area contributed by atoms with Crippen LogP contribution in [0.15, 0.2) is 41.3 Å². The molecule has 0 aliphatic carbocycles. The number of sulfonamides is 1. The van der Waals surface area contributed by atoms with Crippen LogP contribution in [0.5, 0.6) is 0 Å². The van der Waals surface area contributed by atoms with Crippen molar-refractivity contribution in [3.63, 3.8) is 0 Å². The molecule has 2 N–H and O–H groups in total. The van der Waals surface area contributed by atoms with E-state index in [0.29, 0.717) is 10.9 Å². The lowest BCUT2D eigenvalue weighted by Crippen LogP contribution is -2.49. The Morgan fingerprint density at radius 3 is 2.70 bits per heavy atom. The number of aryl methyl sites for hydroxylation is 1. The third kappa shape index (κ3) is 4.56. The number of halogens is 3. The van der Waals surface area contributed by atoms with Crippen LogP contribution < -0.4 is 10.6 Å². The molecule has 33 heavy (non-hydrogen) atoms. The van der Waals surface area contributed by atoms with Gasteiger partial charge < -0.3 is 10.6 Å². The summed E-state index contributed by atoms with van der Waals surface area (Å²) in [5, 5.41) is 5.57. The predicted molar refractivity (Wildman–Crippen MR) is 116 cm³/mol. The lowest BCUT2D eigenvalue weighted by Gasteiger charge is -2.26. The van der Waals surface area contributed by atoms with Gasteiger partial charge in [-0.3, -0.25) is 9.59 Å². The first kappa shape index (κ1) is 23.1. The molecule has 1 aromatic carbocycles. The van der Waals surface area contributed by atoms with E-state index < -0.39 is 33.7 Å². The summed E-state index contributed by atoms with van der Waals surface area (Å²) >= 11 is 0.820. The SMILES string of the molecule is Cc1c(C(=O)Nc2cccc(S(=O)(=O)N3CCNC(=O)C3)c2)sc2nc(C(F)(F)F)ccc12. The molecule has 174 valence electrons. The molecule has 1 saturated heterocycles. The summed E-state index contributed by atoms with van der Waals surface area (Å²) in [6.45, 7) is 1.63. The molecule has 3 aromatic rings. The number of fused-ring (bicyclic) bond motifs is 1. The van der Waals surface area contributed by atoms with Crippen molar-refractivity contribution in [1.82, 2.24) is 14.6 Å². The fourth-order valence-electron chi connectivity index (χ4n) is 3.37. The van der Waals surface area contributed by atoms with Crippen LogP contribution in [0.1, 0.15) is 20.9 Å². The fraction of sp³-hybridized carbons (Fsp3) is 0.250. The summed E-state index contributed by atoms with van der Waals surface area (Å²) in [4.78, 5) is 28.2. The number of hydrogen-bond donors (Lipinski definition) is 2. The molecule has 0 atom stereocenters. The topological polar surface area (TPSA) is 108 Å². The first-order chi connectivity index (χ1) is 15.5. The molecule has 1 fully saturated rings. The van der Waals surface area contributed by atoms with Crippen LogP contribution in [0, 0.1) is 6.92 Å². The summed E-state index contributed by atoms with van der Waals surface area (Å²) in [6, 6.07) is 7.69. The van der Waals surface area contributed by atoms with Crippen molar-refractivity contribution in [3.05, 3.63) is 52.5 Å². The van der Waals surface area contributed by atoms with E-state index in [-0.39, 0.29) is 39.9 Å². The van der Waals surface area contributed by atoms with Crippen LogP contribution in [0.4, 0.5) is 18.9 Å². The average Bonchev–Trinajstić information content (AvgIpc) is 3.09. The number of piperazine rings is 1. The number of alkyl halides is 3. The molecule has 13 heteroatoms. The van der Waals surface area contributed by atoms with Crippen LogP contribution in [-0.4, -0.2) is 49.2 Å². The van der Waals surface area contributed by atoms with Gasteiger partial charge in [0.15, 0.2) is 0 Å². The largest absolute Gasteiger partial charge is 0.433 e. The molecule has 0 spiro atoms. The number of benzene rings is 1. The lowest BCUT2D eigenvalue weighted by molar-refractivity contribution is -0.140. The highest BCUT2D eigenvalue weighted by molar-refractivity contribution is 7.89. The number of carbonyl (C=O) groups excluding carboxylic acids is 2. The Balaban J connectivity index is 1.60. The normalized spacial score (nSPS) is 15.5. The van der Waals surface area contributed by atoms with Gasteiger partial charge in [0.1, 0.15) is 10.5 Å². The van der Waals surface area contributed by atoms with Gasteiger partial charge >= 0.3 is 6.18 Å². The molecule has 1 aliphatic rings. The van der Waals surface area contributed by atoms with E-state index in [0.717, 1.165) is 21.7 Å². The first-order valence-corrected chi connectivity index (χ1v) is 11.9. The summed E-state index contributed by atoms with van der Waals surface area (Å²) in [5.74, 6) is -1.01. The molecular formula is C20H17F3N4O4S2. The quantitative estimate of drug-likeness (QED) is 0.575. The Kier molecular flexibility index (Phi) is 5.88. The van der Waals surface area contributed by atoms with Crippen molar-refractivity contribution in [2.75, 3.05) is 25.0 Å². The zero-order valence-corrected chi connectivity index (χ0v) is 18.7. The molecular weight excluding hydrogens is 481 g/mol. The number of amides is 2. The molecule has 4 rings (SSSR count). The highest BCUT2D eigenvalue weighted by Gasteiger charge is 2.33. The van der Waals surface area contributed by atoms with Crippen molar-refractivity contribution in [1.29, 1.82) is 0 Å². The molecule has 0 radical (unpaired) electrons. The predicted octanol–water partition coefficient (Wildman–Crippen LogP) is 3.00. The number of carbonyl (C=O) groups is 2. The summed E-state index contributed by atoms with van der Waals surface area (Å²) in [7, 11) is -3.96. The monoisotopic (exact) mass is 498 g/mol. The van der Waals surface area contributed by atoms with E-state index in [9.17, 15) is 31.2 Å². The Morgan fingerprint density at radius 1 is 1.24 bits per heavy atom. The Bertz CT molecular complexity index is 1370. The average molecular weight is 499 g/mol. The summed E-state index contributed by atoms with van der Waals surface area (Å²) < 4.78 is 65.6. The minimum absolute atomic E-state index is 0.0761. The molecule has 0 saturated carbocycles. The molecule has 2 aromatic heterocycles. The van der Waals surface area contributed by atoms with Gasteiger partial charge in [-0.05, 0) is 42.8 Å². The highest BCUT2D eigenvalue weighted by Crippen LogP contribution is 2.34. The van der Waals surface area contributed by atoms with Gasteiger partial charge in [0.05, 0.1) is 16.3 Å². The number of nitrogens with zero attached hydrogens (tertiary/aromatic N) is 2. The van der Waals surface area contributed by atoms with E-state index in [1.165, 1.54) is 30.3 Å². The number of nitrogens with one attached hydrogen (secondary N) is 2. The fourth-order valence-corrected chi connectivity index (χ4v) is 5.88. The number of pyridine rings is 1. The van der Waals surface area contributed by atoms with Gasteiger partial charge in [0.2, 0.25) is 15.9 Å². The van der Waals surface area contributed by atoms with Gasteiger partial charge in [-0.1, -0.05) is 6.07 Å². The van der Waals surface area contributed by atoms with Gasteiger partial charge in [0, 0.05) is 24.2 Å². The van der Waals surface area contributed by atoms with Crippen LogP contribution in [0.2, 0.25) is 0 Å². The summed E-state index contributed by atoms with van der Waals surface area (Å²) in [6.07, 6.45) is -4.60. The van der Waals surface area contributed by atoms with Gasteiger partial charge in [-0.15, -0.1) is 11.3 Å². The second kappa shape index (κ2) is 8.39. The third-order valence-corrected chi connectivity index (χ3v) is 8.07. The maximum atomic E-state index is 12.9. The Labute approximate surface area is 190 Å². The minimum atomic E-state index is -4.60. The molecule has 8 nitrogen and oxygen atoms in total. The number of rotatable bonds is 4. The van der Waals surface area contributed by atoms with Gasteiger partial charge in [0.25, 0.3) is 5.91 Å². The standard InChI is InChI=1S/C20H17F3N4O4S2/c1-11-14-5-6-15(20(21,22)23)26-19(14)32-17(11)18(29)25-12-3-2-4-13(9-12)33(30,31)27-8-7-24-16(28)10-27/h2-6,9H,7-8,10H2,1H3,(H,24,28)(H,25,29). The van der Waals surface area contributed by atoms with Crippen LogP contribution in [0.3, 0.4) is 0 Å². The molecule has 0 unspecified atom stereocenters. The number of thiophene rings is 1. The van der Waals surface area contributed by atoms with Gasteiger partial charge in [-0.25, -0.2) is 13.4 Å². The van der Waals surface area contributed by atoms with Crippen molar-refractivity contribution in [2.24, 2.45) is 0 Å². The van der Waals surface area contributed by atoms with Crippen LogP contribution in [-0.2, 0) is 21.0 Å². The molecule has 0 bridgehead atoms. The maximum absolute atomic E-state index is 12.9. The van der Waals surface area contributed by atoms with E-state index in [2.05, 4.69) is 15.6 Å². The third-order valence-electron chi connectivity index (χ3n) is 5.03. The second-order valence-corrected chi connectivity index (χ2v) is 10.2. The zero-order valence-electron chi connectivity index (χ0n) is 17.1. The van der Waals surface area contributed by atoms with E-state index in [1.54, 1.807) is 6.92 Å². The van der Waals surface area contributed by atoms with Crippen LogP contribution >= 0.6 is 11.3 Å². The highest BCUT2D eigenvalue weighted by atomic mass is 32.2. The van der Waals surface area contributed by atoms with E-state index in [1.807, 2.05) is 0 Å². The van der Waals surface area contributed by atoms with E-state index >= 15 is 0 Å². The van der Waals surface area contributed by atoms with Crippen molar-refractivity contribution < 1.29 is 31.2 Å². The van der Waals surface area contributed by atoms with Crippen molar-refractivity contribution >= 4 is 49.1 Å². The smallest absolute Gasteiger partial charge is 0.354 e. The van der Waals surface area contributed by atoms with E-state index in [4.69, 9.17) is 0 Å². The molecule has 1 aliphatic heterocycles. The number of anilines is 1. The lowest BCUT2D eigenvalue weighted by atomic mass is 10.1. The zero-order chi connectivity index (χ0) is 24.0. The maximum Gasteiger partial charge on any atom is 0.433 e. The number of aromatic nitrogens is 1. The van der Waals surface area contributed by atoms with Crippen molar-refractivity contribution in [3.8, 4) is 0 Å². The van der Waals surface area contributed by atoms with Crippen LogP contribution in [0.25, 0.3) is 10.2 Å². The second-order valence-electron chi connectivity index (χ2n) is 7.27. The molecule has 3 heterocycles. The Morgan fingerprint density at radius 2 is 2.00 bits per heavy atom.